The van der Waals surface area contributed by atoms with Gasteiger partial charge in [0.05, 0.1) is 19.2 Å². The predicted octanol–water partition coefficient (Wildman–Crippen LogP) is 3.51. The highest BCUT2D eigenvalue weighted by atomic mass is 35.5. The van der Waals surface area contributed by atoms with Crippen LogP contribution >= 0.6 is 23.4 Å². The zero-order chi connectivity index (χ0) is 13.8. The van der Waals surface area contributed by atoms with Crippen LogP contribution in [0.15, 0.2) is 24.3 Å². The lowest BCUT2D eigenvalue weighted by Crippen LogP contribution is -2.02. The van der Waals surface area contributed by atoms with E-state index in [1.165, 1.54) is 0 Å². The number of pyridine rings is 1. The van der Waals surface area contributed by atoms with Gasteiger partial charge in [0, 0.05) is 28.0 Å². The van der Waals surface area contributed by atoms with Gasteiger partial charge in [-0.3, -0.25) is 0 Å². The molecule has 102 valence electrons. The molecule has 0 saturated heterocycles. The fourth-order valence-corrected chi connectivity index (χ4v) is 2.76. The van der Waals surface area contributed by atoms with Crippen molar-refractivity contribution in [1.29, 1.82) is 0 Å². The van der Waals surface area contributed by atoms with E-state index in [1.54, 1.807) is 18.9 Å². The Morgan fingerprint density at radius 2 is 2.21 bits per heavy atom. The highest BCUT2D eigenvalue weighted by Crippen LogP contribution is 2.27. The number of fused-ring (bicyclic) bond motifs is 1. The van der Waals surface area contributed by atoms with E-state index >= 15 is 0 Å². The van der Waals surface area contributed by atoms with Crippen molar-refractivity contribution in [1.82, 2.24) is 4.98 Å². The van der Waals surface area contributed by atoms with Gasteiger partial charge in [-0.25, -0.2) is 4.98 Å². The van der Waals surface area contributed by atoms with E-state index in [1.807, 2.05) is 31.2 Å². The summed E-state index contributed by atoms with van der Waals surface area (Å²) in [6.45, 7) is 2.15. The molecule has 5 heteroatoms. The van der Waals surface area contributed by atoms with Crippen LogP contribution in [0.25, 0.3) is 10.9 Å². The molecule has 1 aromatic heterocycles. The molecule has 0 radical (unpaired) electrons. The van der Waals surface area contributed by atoms with Gasteiger partial charge >= 0.3 is 0 Å². The summed E-state index contributed by atoms with van der Waals surface area (Å²) in [6.07, 6.45) is 0. The molecule has 2 aromatic rings. The molecule has 1 atom stereocenters. The number of aromatic nitrogens is 1. The second kappa shape index (κ2) is 6.46. The summed E-state index contributed by atoms with van der Waals surface area (Å²) < 4.78 is 5.17. The molecule has 3 nitrogen and oxygen atoms in total. The van der Waals surface area contributed by atoms with Crippen LogP contribution in [-0.2, 0) is 5.75 Å². The quantitative estimate of drug-likeness (QED) is 0.858. The van der Waals surface area contributed by atoms with Crippen LogP contribution in [0.3, 0.4) is 0 Å². The largest absolute Gasteiger partial charge is 0.497 e. The van der Waals surface area contributed by atoms with Gasteiger partial charge in [-0.15, -0.1) is 0 Å². The summed E-state index contributed by atoms with van der Waals surface area (Å²) >= 11 is 7.86. The van der Waals surface area contributed by atoms with Crippen LogP contribution in [-0.4, -0.2) is 29.1 Å². The third-order valence-electron chi connectivity index (χ3n) is 2.83. The number of aliphatic hydroxyl groups is 1. The maximum atomic E-state index is 9.03. The standard InChI is InChI=1S/C14H16ClNO2S/c1-9(7-17)19-8-11-5-10-3-4-12(18-2)6-13(10)16-14(11)15/h3-6,9,17H,7-8H2,1-2H3. The molecule has 0 aliphatic rings. The molecule has 0 bridgehead atoms. The summed E-state index contributed by atoms with van der Waals surface area (Å²) in [5.41, 5.74) is 1.82. The van der Waals surface area contributed by atoms with Gasteiger partial charge in [0.15, 0.2) is 0 Å². The molecule has 0 spiro atoms. The Balaban J connectivity index is 2.28. The number of hydrogen-bond acceptors (Lipinski definition) is 4. The highest BCUT2D eigenvalue weighted by molar-refractivity contribution is 7.99. The topological polar surface area (TPSA) is 42.4 Å². The first-order chi connectivity index (χ1) is 9.13. The Morgan fingerprint density at radius 3 is 2.89 bits per heavy atom. The molecule has 19 heavy (non-hydrogen) atoms. The van der Waals surface area contributed by atoms with Crippen LogP contribution < -0.4 is 4.74 Å². The van der Waals surface area contributed by atoms with Gasteiger partial charge < -0.3 is 9.84 Å². The minimum atomic E-state index is 0.167. The Kier molecular flexibility index (Phi) is 4.91. The van der Waals surface area contributed by atoms with E-state index < -0.39 is 0 Å². The molecule has 1 heterocycles. The Morgan fingerprint density at radius 1 is 1.42 bits per heavy atom. The third kappa shape index (κ3) is 3.53. The van der Waals surface area contributed by atoms with Crippen molar-refractivity contribution in [2.24, 2.45) is 0 Å². The average molecular weight is 298 g/mol. The van der Waals surface area contributed by atoms with Gasteiger partial charge in [-0.2, -0.15) is 11.8 Å². The number of hydrogen-bond donors (Lipinski definition) is 1. The van der Waals surface area contributed by atoms with Crippen molar-refractivity contribution >= 4 is 34.3 Å². The lowest BCUT2D eigenvalue weighted by Gasteiger charge is -2.10. The summed E-state index contributed by atoms with van der Waals surface area (Å²) in [7, 11) is 1.63. The smallest absolute Gasteiger partial charge is 0.133 e. The van der Waals surface area contributed by atoms with E-state index in [4.69, 9.17) is 21.4 Å². The van der Waals surface area contributed by atoms with Gasteiger partial charge in [-0.05, 0) is 18.2 Å². The van der Waals surface area contributed by atoms with E-state index in [0.717, 1.165) is 28.0 Å². The van der Waals surface area contributed by atoms with E-state index in [0.29, 0.717) is 5.15 Å². The van der Waals surface area contributed by atoms with Crippen molar-refractivity contribution in [2.75, 3.05) is 13.7 Å². The molecule has 2 rings (SSSR count). The fourth-order valence-electron chi connectivity index (χ4n) is 1.68. The van der Waals surface area contributed by atoms with Crippen molar-refractivity contribution < 1.29 is 9.84 Å². The summed E-state index contributed by atoms with van der Waals surface area (Å²) in [5.74, 6) is 1.52. The summed E-state index contributed by atoms with van der Waals surface area (Å²) in [4.78, 5) is 4.40. The first-order valence-electron chi connectivity index (χ1n) is 5.99. The maximum absolute atomic E-state index is 9.03. The second-order valence-corrected chi connectivity index (χ2v) is 6.09. The van der Waals surface area contributed by atoms with Crippen LogP contribution in [0.2, 0.25) is 5.15 Å². The molecular formula is C14H16ClNO2S. The first kappa shape index (κ1) is 14.4. The van der Waals surface area contributed by atoms with Crippen LogP contribution in [0.5, 0.6) is 5.75 Å². The number of nitrogens with zero attached hydrogens (tertiary/aromatic N) is 1. The number of methoxy groups -OCH3 is 1. The van der Waals surface area contributed by atoms with Crippen LogP contribution in [0.4, 0.5) is 0 Å². The molecular weight excluding hydrogens is 282 g/mol. The first-order valence-corrected chi connectivity index (χ1v) is 7.42. The van der Waals surface area contributed by atoms with E-state index in [-0.39, 0.29) is 11.9 Å². The number of halogens is 1. The Hall–Kier alpha value is -0.970. The Bertz CT molecular complexity index is 577. The molecule has 0 aliphatic carbocycles. The highest BCUT2D eigenvalue weighted by Gasteiger charge is 2.08. The normalized spacial score (nSPS) is 12.6. The van der Waals surface area contributed by atoms with Crippen LogP contribution in [0.1, 0.15) is 12.5 Å². The lowest BCUT2D eigenvalue weighted by molar-refractivity contribution is 0.300. The van der Waals surface area contributed by atoms with Gasteiger partial charge in [-0.1, -0.05) is 18.5 Å². The van der Waals surface area contributed by atoms with E-state index in [2.05, 4.69) is 4.98 Å². The fraction of sp³-hybridized carbons (Fsp3) is 0.357. The van der Waals surface area contributed by atoms with Gasteiger partial charge in [0.1, 0.15) is 10.9 Å². The molecule has 0 amide bonds. The third-order valence-corrected chi connectivity index (χ3v) is 4.35. The number of aliphatic hydroxyl groups excluding tert-OH is 1. The predicted molar refractivity (Wildman–Crippen MR) is 81.1 cm³/mol. The number of thioether (sulfide) groups is 1. The summed E-state index contributed by atoms with van der Waals surface area (Å²) in [5, 5.41) is 10.8. The molecule has 0 aliphatic heterocycles. The maximum Gasteiger partial charge on any atom is 0.133 e. The second-order valence-electron chi connectivity index (χ2n) is 4.30. The summed E-state index contributed by atoms with van der Waals surface area (Å²) in [6, 6.07) is 7.79. The number of benzene rings is 1. The minimum Gasteiger partial charge on any atom is -0.497 e. The monoisotopic (exact) mass is 297 g/mol. The zero-order valence-electron chi connectivity index (χ0n) is 10.9. The molecule has 1 N–H and O–H groups in total. The van der Waals surface area contributed by atoms with Crippen LogP contribution in [0, 0.1) is 0 Å². The molecule has 0 fully saturated rings. The molecule has 1 unspecified atom stereocenters. The average Bonchev–Trinajstić information content (AvgIpc) is 2.44. The molecule has 1 aromatic carbocycles. The number of ether oxygens (including phenoxy) is 1. The van der Waals surface area contributed by atoms with E-state index in [9.17, 15) is 0 Å². The zero-order valence-corrected chi connectivity index (χ0v) is 12.5. The van der Waals surface area contributed by atoms with Crippen molar-refractivity contribution in [3.8, 4) is 5.75 Å². The minimum absolute atomic E-state index is 0.167. The van der Waals surface area contributed by atoms with Crippen molar-refractivity contribution in [3.05, 3.63) is 35.0 Å². The SMILES string of the molecule is COc1ccc2cc(CSC(C)CO)c(Cl)nc2c1. The van der Waals surface area contributed by atoms with Gasteiger partial charge in [0.2, 0.25) is 0 Å². The van der Waals surface area contributed by atoms with Crippen molar-refractivity contribution in [3.63, 3.8) is 0 Å². The number of rotatable bonds is 5. The molecule has 0 saturated carbocycles. The Labute approximate surface area is 121 Å². The lowest BCUT2D eigenvalue weighted by atomic mass is 10.1. The van der Waals surface area contributed by atoms with Gasteiger partial charge in [0.25, 0.3) is 0 Å². The van der Waals surface area contributed by atoms with Crippen molar-refractivity contribution in [2.45, 2.75) is 17.9 Å².